The van der Waals surface area contributed by atoms with E-state index >= 15 is 0 Å². The van der Waals surface area contributed by atoms with Gasteiger partial charge in [0.1, 0.15) is 0 Å². The van der Waals surface area contributed by atoms with Gasteiger partial charge in [0, 0.05) is 6.21 Å². The SMILES string of the molecule is O=C(O)C1(C(=O)O)C=CC=NC1. The number of aliphatic imine (C=N–C) groups is 1. The number of carboxylic acids is 2. The molecule has 0 atom stereocenters. The minimum Gasteiger partial charge on any atom is -0.480 e. The fourth-order valence-electron chi connectivity index (χ4n) is 0.887. The van der Waals surface area contributed by atoms with Crippen molar-refractivity contribution in [1.29, 1.82) is 0 Å². The standard InChI is InChI=1S/C7H7NO4/c9-5(10)7(6(11)12)2-1-3-8-4-7/h1-3H,4H2,(H,9,10)(H,11,12). The average molecular weight is 169 g/mol. The Balaban J connectivity index is 3.04. The van der Waals surface area contributed by atoms with Crippen molar-refractivity contribution >= 4 is 18.2 Å². The number of allylic oxidation sites excluding steroid dienone is 1. The van der Waals surface area contributed by atoms with Crippen molar-refractivity contribution in [2.75, 3.05) is 6.54 Å². The molecule has 5 nitrogen and oxygen atoms in total. The molecule has 1 aliphatic rings. The summed E-state index contributed by atoms with van der Waals surface area (Å²) in [7, 11) is 0. The van der Waals surface area contributed by atoms with E-state index < -0.39 is 17.4 Å². The van der Waals surface area contributed by atoms with Crippen molar-refractivity contribution in [3.05, 3.63) is 12.2 Å². The second-order valence-electron chi connectivity index (χ2n) is 2.43. The van der Waals surface area contributed by atoms with Crippen LogP contribution in [0, 0.1) is 5.41 Å². The number of rotatable bonds is 2. The van der Waals surface area contributed by atoms with E-state index in [9.17, 15) is 9.59 Å². The lowest BCUT2D eigenvalue weighted by Crippen LogP contribution is -2.41. The Morgan fingerprint density at radius 1 is 1.33 bits per heavy atom. The smallest absolute Gasteiger partial charge is 0.326 e. The third-order valence-corrected chi connectivity index (χ3v) is 1.68. The fraction of sp³-hybridized carbons (Fsp3) is 0.286. The Bertz CT molecular complexity index is 265. The van der Waals surface area contributed by atoms with Gasteiger partial charge in [0.2, 0.25) is 5.41 Å². The molecule has 0 saturated heterocycles. The van der Waals surface area contributed by atoms with E-state index in [2.05, 4.69) is 4.99 Å². The molecule has 0 bridgehead atoms. The molecule has 1 rings (SSSR count). The van der Waals surface area contributed by atoms with E-state index in [0.29, 0.717) is 0 Å². The zero-order valence-electron chi connectivity index (χ0n) is 6.10. The molecule has 1 aliphatic heterocycles. The lowest BCUT2D eigenvalue weighted by molar-refractivity contribution is -0.159. The summed E-state index contributed by atoms with van der Waals surface area (Å²) in [6, 6.07) is 0. The van der Waals surface area contributed by atoms with Gasteiger partial charge in [-0.2, -0.15) is 0 Å². The van der Waals surface area contributed by atoms with Crippen molar-refractivity contribution < 1.29 is 19.8 Å². The van der Waals surface area contributed by atoms with Gasteiger partial charge in [0.15, 0.2) is 0 Å². The molecule has 0 unspecified atom stereocenters. The highest BCUT2D eigenvalue weighted by molar-refractivity contribution is 6.02. The summed E-state index contributed by atoms with van der Waals surface area (Å²) >= 11 is 0. The summed E-state index contributed by atoms with van der Waals surface area (Å²) in [6.45, 7) is -0.242. The third kappa shape index (κ3) is 1.09. The highest BCUT2D eigenvalue weighted by atomic mass is 16.4. The predicted molar refractivity (Wildman–Crippen MR) is 40.2 cm³/mol. The maximum Gasteiger partial charge on any atom is 0.326 e. The largest absolute Gasteiger partial charge is 0.480 e. The molecule has 0 aromatic heterocycles. The second kappa shape index (κ2) is 2.77. The zero-order valence-corrected chi connectivity index (χ0v) is 6.10. The first-order chi connectivity index (χ1) is 5.59. The number of hydrogen-bond acceptors (Lipinski definition) is 3. The van der Waals surface area contributed by atoms with Gasteiger partial charge in [0.25, 0.3) is 0 Å². The lowest BCUT2D eigenvalue weighted by Gasteiger charge is -2.19. The van der Waals surface area contributed by atoms with Gasteiger partial charge in [-0.05, 0) is 6.08 Å². The number of hydrogen-bond donors (Lipinski definition) is 2. The van der Waals surface area contributed by atoms with E-state index in [1.807, 2.05) is 0 Å². The van der Waals surface area contributed by atoms with Crippen LogP contribution >= 0.6 is 0 Å². The molecular weight excluding hydrogens is 162 g/mol. The van der Waals surface area contributed by atoms with Gasteiger partial charge in [-0.15, -0.1) is 0 Å². The first-order valence-corrected chi connectivity index (χ1v) is 3.24. The van der Waals surface area contributed by atoms with E-state index in [0.717, 1.165) is 6.08 Å². The van der Waals surface area contributed by atoms with Gasteiger partial charge < -0.3 is 10.2 Å². The van der Waals surface area contributed by atoms with Crippen LogP contribution in [0.15, 0.2) is 17.1 Å². The minimum atomic E-state index is -1.87. The second-order valence-corrected chi connectivity index (χ2v) is 2.43. The number of aliphatic carboxylic acids is 2. The molecule has 2 N–H and O–H groups in total. The minimum absolute atomic E-state index is 0.242. The third-order valence-electron chi connectivity index (χ3n) is 1.68. The van der Waals surface area contributed by atoms with Crippen LogP contribution in [0.2, 0.25) is 0 Å². The number of nitrogens with zero attached hydrogens (tertiary/aromatic N) is 1. The summed E-state index contributed by atoms with van der Waals surface area (Å²) < 4.78 is 0. The van der Waals surface area contributed by atoms with Crippen LogP contribution in [-0.2, 0) is 9.59 Å². The van der Waals surface area contributed by atoms with Crippen LogP contribution in [-0.4, -0.2) is 34.9 Å². The van der Waals surface area contributed by atoms with Crippen LogP contribution < -0.4 is 0 Å². The Kier molecular flexibility index (Phi) is 1.95. The summed E-state index contributed by atoms with van der Waals surface area (Å²) in [5.74, 6) is -2.77. The maximum absolute atomic E-state index is 10.6. The lowest BCUT2D eigenvalue weighted by atomic mass is 9.87. The Hall–Kier alpha value is -1.65. The normalized spacial score (nSPS) is 19.0. The molecule has 1 heterocycles. The molecule has 0 aromatic rings. The molecule has 0 saturated carbocycles. The average Bonchev–Trinajstić information content (AvgIpc) is 2.05. The van der Waals surface area contributed by atoms with Gasteiger partial charge in [-0.25, -0.2) is 0 Å². The highest BCUT2D eigenvalue weighted by Crippen LogP contribution is 2.22. The Labute approximate surface area is 68.0 Å². The van der Waals surface area contributed by atoms with Crippen molar-refractivity contribution in [3.63, 3.8) is 0 Å². The predicted octanol–water partition coefficient (Wildman–Crippen LogP) is -0.217. The van der Waals surface area contributed by atoms with Crippen LogP contribution in [0.3, 0.4) is 0 Å². The molecule has 12 heavy (non-hydrogen) atoms. The first kappa shape index (κ1) is 8.45. The monoisotopic (exact) mass is 169 g/mol. The first-order valence-electron chi connectivity index (χ1n) is 3.24. The Morgan fingerprint density at radius 2 is 1.92 bits per heavy atom. The Morgan fingerprint density at radius 3 is 2.17 bits per heavy atom. The summed E-state index contributed by atoms with van der Waals surface area (Å²) in [6.07, 6.45) is 3.83. The van der Waals surface area contributed by atoms with Crippen molar-refractivity contribution in [2.24, 2.45) is 10.4 Å². The quantitative estimate of drug-likeness (QED) is 0.559. The van der Waals surface area contributed by atoms with Crippen LogP contribution in [0.4, 0.5) is 0 Å². The summed E-state index contributed by atoms with van der Waals surface area (Å²) in [5.41, 5.74) is -1.87. The number of carboxylic acid groups (broad SMARTS) is 2. The van der Waals surface area contributed by atoms with Crippen molar-refractivity contribution in [3.8, 4) is 0 Å². The molecule has 0 fully saturated rings. The van der Waals surface area contributed by atoms with Crippen molar-refractivity contribution in [1.82, 2.24) is 0 Å². The zero-order chi connectivity index (χ0) is 9.19. The molecule has 0 radical (unpaired) electrons. The van der Waals surface area contributed by atoms with Crippen LogP contribution in [0.1, 0.15) is 0 Å². The van der Waals surface area contributed by atoms with E-state index in [1.165, 1.54) is 12.3 Å². The van der Waals surface area contributed by atoms with Gasteiger partial charge in [0.05, 0.1) is 6.54 Å². The van der Waals surface area contributed by atoms with Gasteiger partial charge in [-0.3, -0.25) is 14.6 Å². The maximum atomic E-state index is 10.6. The molecule has 0 amide bonds. The number of carbonyl (C=O) groups is 2. The fourth-order valence-corrected chi connectivity index (χ4v) is 0.887. The topological polar surface area (TPSA) is 87.0 Å². The van der Waals surface area contributed by atoms with Gasteiger partial charge in [-0.1, -0.05) is 6.08 Å². The molecular formula is C7H7NO4. The summed E-state index contributed by atoms with van der Waals surface area (Å²) in [5, 5.41) is 17.3. The van der Waals surface area contributed by atoms with Gasteiger partial charge >= 0.3 is 11.9 Å². The van der Waals surface area contributed by atoms with E-state index in [1.54, 1.807) is 0 Å². The van der Waals surface area contributed by atoms with Crippen LogP contribution in [0.5, 0.6) is 0 Å². The molecule has 5 heteroatoms. The van der Waals surface area contributed by atoms with E-state index in [-0.39, 0.29) is 6.54 Å². The number of dihydropyridines is 1. The summed E-state index contributed by atoms with van der Waals surface area (Å²) in [4.78, 5) is 24.8. The van der Waals surface area contributed by atoms with Crippen LogP contribution in [0.25, 0.3) is 0 Å². The highest BCUT2D eigenvalue weighted by Gasteiger charge is 2.44. The molecule has 0 spiro atoms. The molecule has 64 valence electrons. The molecule has 0 aromatic carbocycles. The van der Waals surface area contributed by atoms with Crippen molar-refractivity contribution in [2.45, 2.75) is 0 Å². The molecule has 0 aliphatic carbocycles. The van der Waals surface area contributed by atoms with E-state index in [4.69, 9.17) is 10.2 Å².